The molecular weight excluding hydrogens is 407 g/mol. The van der Waals surface area contributed by atoms with E-state index in [0.717, 1.165) is 28.3 Å². The summed E-state index contributed by atoms with van der Waals surface area (Å²) in [6, 6.07) is 16.4. The van der Waals surface area contributed by atoms with E-state index in [4.69, 9.17) is 9.72 Å². The molecule has 4 rings (SSSR count). The van der Waals surface area contributed by atoms with Crippen LogP contribution in [0.25, 0.3) is 22.5 Å². The summed E-state index contributed by atoms with van der Waals surface area (Å²) in [5, 5.41) is 9.85. The van der Waals surface area contributed by atoms with Crippen LogP contribution in [0.1, 0.15) is 38.4 Å². The predicted molar refractivity (Wildman–Crippen MR) is 121 cm³/mol. The zero-order chi connectivity index (χ0) is 22.7. The first-order valence-corrected chi connectivity index (χ1v) is 10.9. The predicted octanol–water partition coefficient (Wildman–Crippen LogP) is 5.10. The minimum atomic E-state index is -0.676. The number of carbonyl (C=O) groups is 1. The first-order chi connectivity index (χ1) is 15.4. The lowest BCUT2D eigenvalue weighted by atomic mass is 10.0. The fraction of sp³-hybridized carbons (Fsp3) is 0.308. The number of hydrogen-bond donors (Lipinski definition) is 1. The molecule has 0 spiro atoms. The normalized spacial score (nSPS) is 19.0. The Hall–Kier alpha value is -3.25. The first-order valence-electron chi connectivity index (χ1n) is 10.9. The van der Waals surface area contributed by atoms with Gasteiger partial charge in [-0.25, -0.2) is 9.37 Å². The lowest BCUT2D eigenvalue weighted by molar-refractivity contribution is -0.156. The number of benzene rings is 2. The van der Waals surface area contributed by atoms with Gasteiger partial charge in [0, 0.05) is 30.0 Å². The number of allylic oxidation sites excluding steroid dienone is 1. The number of carbonyl (C=O) groups excluding carboxylic acids is 1. The molecular formula is C26H27FN2O3. The van der Waals surface area contributed by atoms with Gasteiger partial charge >= 0.3 is 5.97 Å². The van der Waals surface area contributed by atoms with Crippen molar-refractivity contribution in [2.45, 2.75) is 51.4 Å². The molecule has 0 saturated carbocycles. The molecule has 1 N–H and O–H groups in total. The van der Waals surface area contributed by atoms with Crippen molar-refractivity contribution in [1.29, 1.82) is 0 Å². The number of ether oxygens (including phenoxy) is 1. The van der Waals surface area contributed by atoms with Crippen molar-refractivity contribution in [3.8, 4) is 22.5 Å². The number of esters is 1. The Labute approximate surface area is 187 Å². The van der Waals surface area contributed by atoms with Crippen molar-refractivity contribution in [2.75, 3.05) is 0 Å². The topological polar surface area (TPSA) is 64.3 Å². The molecule has 1 saturated heterocycles. The summed E-state index contributed by atoms with van der Waals surface area (Å²) in [6.45, 7) is 4.68. The summed E-state index contributed by atoms with van der Waals surface area (Å²) >= 11 is 0. The van der Waals surface area contributed by atoms with Crippen LogP contribution in [0.4, 0.5) is 4.39 Å². The van der Waals surface area contributed by atoms with Crippen molar-refractivity contribution in [1.82, 2.24) is 9.55 Å². The summed E-state index contributed by atoms with van der Waals surface area (Å²) in [5.74, 6) is 0.396. The van der Waals surface area contributed by atoms with Crippen molar-refractivity contribution in [3.05, 3.63) is 78.4 Å². The van der Waals surface area contributed by atoms with Gasteiger partial charge in [0.2, 0.25) is 0 Å². The zero-order valence-electron chi connectivity index (χ0n) is 18.2. The molecule has 1 aliphatic rings. The van der Waals surface area contributed by atoms with E-state index in [1.165, 1.54) is 12.1 Å². The molecule has 0 radical (unpaired) electrons. The van der Waals surface area contributed by atoms with Crippen molar-refractivity contribution in [2.24, 2.45) is 0 Å². The molecule has 2 atom stereocenters. The summed E-state index contributed by atoms with van der Waals surface area (Å²) in [5.41, 5.74) is 3.61. The Bertz CT molecular complexity index is 1100. The second-order valence-corrected chi connectivity index (χ2v) is 8.36. The number of hydrogen-bond acceptors (Lipinski definition) is 4. The minimum absolute atomic E-state index is 0.0402. The number of aliphatic hydroxyl groups is 1. The highest BCUT2D eigenvalue weighted by Crippen LogP contribution is 2.35. The van der Waals surface area contributed by atoms with Crippen LogP contribution < -0.4 is 0 Å². The maximum Gasteiger partial charge on any atom is 0.309 e. The van der Waals surface area contributed by atoms with E-state index in [0.29, 0.717) is 13.0 Å². The van der Waals surface area contributed by atoms with E-state index in [1.54, 1.807) is 12.1 Å². The SMILES string of the molecule is CC(C)c1nc(-c2ccccc2)c(-c2ccc(F)cc2)n1C/C=C/C1CC(O)CC(=O)O1. The van der Waals surface area contributed by atoms with Crippen LogP contribution in [0.3, 0.4) is 0 Å². The number of aliphatic hydroxyl groups excluding tert-OH is 1. The van der Waals surface area contributed by atoms with Crippen LogP contribution in [-0.2, 0) is 16.1 Å². The Morgan fingerprint density at radius 2 is 1.88 bits per heavy atom. The zero-order valence-corrected chi connectivity index (χ0v) is 18.2. The molecule has 3 aromatic rings. The van der Waals surface area contributed by atoms with Gasteiger partial charge in [-0.3, -0.25) is 4.79 Å². The monoisotopic (exact) mass is 434 g/mol. The van der Waals surface area contributed by atoms with Crippen LogP contribution in [0.15, 0.2) is 66.7 Å². The Kier molecular flexibility index (Phi) is 6.51. The van der Waals surface area contributed by atoms with Crippen LogP contribution in [-0.4, -0.2) is 32.8 Å². The highest BCUT2D eigenvalue weighted by Gasteiger charge is 2.25. The van der Waals surface area contributed by atoms with Crippen molar-refractivity contribution < 1.29 is 19.0 Å². The minimum Gasteiger partial charge on any atom is -0.458 e. The van der Waals surface area contributed by atoms with Gasteiger partial charge in [-0.15, -0.1) is 0 Å². The molecule has 5 nitrogen and oxygen atoms in total. The molecule has 0 aliphatic carbocycles. The maximum atomic E-state index is 13.6. The number of aromatic nitrogens is 2. The average Bonchev–Trinajstić information content (AvgIpc) is 3.14. The number of imidazole rings is 1. The maximum absolute atomic E-state index is 13.6. The van der Waals surface area contributed by atoms with Crippen LogP contribution >= 0.6 is 0 Å². The third-order valence-corrected chi connectivity index (χ3v) is 5.51. The first kappa shape index (κ1) is 22.0. The lowest BCUT2D eigenvalue weighted by Gasteiger charge is -2.23. The fourth-order valence-corrected chi connectivity index (χ4v) is 4.04. The Balaban J connectivity index is 1.76. The Morgan fingerprint density at radius 1 is 1.16 bits per heavy atom. The highest BCUT2D eigenvalue weighted by molar-refractivity contribution is 5.79. The second-order valence-electron chi connectivity index (χ2n) is 8.36. The van der Waals surface area contributed by atoms with Gasteiger partial charge in [0.15, 0.2) is 0 Å². The van der Waals surface area contributed by atoms with Crippen LogP contribution in [0, 0.1) is 5.82 Å². The van der Waals surface area contributed by atoms with Gasteiger partial charge in [0.1, 0.15) is 17.7 Å². The molecule has 6 heteroatoms. The third-order valence-electron chi connectivity index (χ3n) is 5.51. The van der Waals surface area contributed by atoms with Gasteiger partial charge in [-0.05, 0) is 30.3 Å². The van der Waals surface area contributed by atoms with E-state index in [9.17, 15) is 14.3 Å². The van der Waals surface area contributed by atoms with Gasteiger partial charge < -0.3 is 14.4 Å². The lowest BCUT2D eigenvalue weighted by Crippen LogP contribution is -2.31. The van der Waals surface area contributed by atoms with E-state index in [1.807, 2.05) is 42.5 Å². The molecule has 1 fully saturated rings. The van der Waals surface area contributed by atoms with E-state index in [-0.39, 0.29) is 24.1 Å². The molecule has 32 heavy (non-hydrogen) atoms. The van der Waals surface area contributed by atoms with Gasteiger partial charge in [-0.1, -0.05) is 50.3 Å². The Morgan fingerprint density at radius 3 is 2.53 bits per heavy atom. The molecule has 0 amide bonds. The molecule has 0 bridgehead atoms. The summed E-state index contributed by atoms with van der Waals surface area (Å²) < 4.78 is 21.1. The highest BCUT2D eigenvalue weighted by atomic mass is 19.1. The van der Waals surface area contributed by atoms with Crippen LogP contribution in [0.5, 0.6) is 0 Å². The van der Waals surface area contributed by atoms with E-state index >= 15 is 0 Å². The summed E-state index contributed by atoms with van der Waals surface area (Å²) in [4.78, 5) is 16.6. The summed E-state index contributed by atoms with van der Waals surface area (Å²) in [7, 11) is 0. The largest absolute Gasteiger partial charge is 0.458 e. The number of rotatable bonds is 6. The third kappa shape index (κ3) is 4.81. The number of cyclic esters (lactones) is 1. The van der Waals surface area contributed by atoms with Gasteiger partial charge in [-0.2, -0.15) is 0 Å². The molecule has 2 aromatic carbocycles. The molecule has 1 aliphatic heterocycles. The summed E-state index contributed by atoms with van der Waals surface area (Å²) in [6.07, 6.45) is 3.07. The van der Waals surface area contributed by atoms with Gasteiger partial charge in [0.05, 0.1) is 23.9 Å². The molecule has 1 aromatic heterocycles. The van der Waals surface area contributed by atoms with Crippen molar-refractivity contribution in [3.63, 3.8) is 0 Å². The van der Waals surface area contributed by atoms with E-state index in [2.05, 4.69) is 18.4 Å². The van der Waals surface area contributed by atoms with E-state index < -0.39 is 12.2 Å². The molecule has 2 heterocycles. The van der Waals surface area contributed by atoms with Crippen molar-refractivity contribution >= 4 is 5.97 Å². The van der Waals surface area contributed by atoms with Crippen LogP contribution in [0.2, 0.25) is 0 Å². The molecule has 2 unspecified atom stereocenters. The smallest absolute Gasteiger partial charge is 0.309 e. The number of nitrogens with zero attached hydrogens (tertiary/aromatic N) is 2. The number of halogens is 1. The van der Waals surface area contributed by atoms with Gasteiger partial charge in [0.25, 0.3) is 0 Å². The second kappa shape index (κ2) is 9.49. The molecule has 166 valence electrons. The average molecular weight is 435 g/mol. The fourth-order valence-electron chi connectivity index (χ4n) is 4.04. The quantitative estimate of drug-likeness (QED) is 0.433. The standard InChI is InChI=1S/C26H27FN2O3/c1-17(2)26-28-24(18-7-4-3-5-8-18)25(19-10-12-20(27)13-11-19)29(26)14-6-9-22-15-21(30)16-23(31)32-22/h3-13,17,21-22,30H,14-16H2,1-2H3/b9-6+.